The lowest BCUT2D eigenvalue weighted by Crippen LogP contribution is -2.27. The van der Waals surface area contributed by atoms with E-state index in [-0.39, 0.29) is 11.9 Å². The van der Waals surface area contributed by atoms with Gasteiger partial charge in [-0.3, -0.25) is 14.8 Å². The number of anilines is 1. The normalized spacial score (nSPS) is 13.2. The molecule has 1 aromatic rings. The van der Waals surface area contributed by atoms with Crippen LogP contribution in [0.1, 0.15) is 47.1 Å². The van der Waals surface area contributed by atoms with Crippen LogP contribution in [0.25, 0.3) is 0 Å². The zero-order chi connectivity index (χ0) is 20.4. The van der Waals surface area contributed by atoms with Crippen molar-refractivity contribution >= 4 is 23.5 Å². The lowest BCUT2D eigenvalue weighted by Gasteiger charge is -2.19. The van der Waals surface area contributed by atoms with Gasteiger partial charge in [-0.25, -0.2) is 0 Å². The highest BCUT2D eigenvalue weighted by atomic mass is 16.2. The molecule has 1 amide bonds. The van der Waals surface area contributed by atoms with Gasteiger partial charge in [0.2, 0.25) is 5.91 Å². The molecule has 5 heteroatoms. The molecular formula is C22H28N4O. The molecule has 0 radical (unpaired) electrons. The van der Waals surface area contributed by atoms with E-state index in [0.717, 1.165) is 17.0 Å². The molecule has 5 nitrogen and oxygen atoms in total. The fraction of sp³-hybridized carbons (Fsp3) is 0.364. The highest BCUT2D eigenvalue weighted by Crippen LogP contribution is 2.18. The van der Waals surface area contributed by atoms with Crippen molar-refractivity contribution in [2.75, 3.05) is 11.4 Å². The van der Waals surface area contributed by atoms with Crippen molar-refractivity contribution in [2.45, 2.75) is 47.6 Å². The zero-order valence-electron chi connectivity index (χ0n) is 17.0. The van der Waals surface area contributed by atoms with Gasteiger partial charge in [0.15, 0.2) is 0 Å². The molecular weight excluding hydrogens is 336 g/mol. The minimum Gasteiger partial charge on any atom is -0.313 e. The number of nitrogens with zero attached hydrogens (tertiary/aromatic N) is 4. The van der Waals surface area contributed by atoms with Crippen molar-refractivity contribution in [1.82, 2.24) is 0 Å². The molecule has 0 aliphatic carbocycles. The van der Waals surface area contributed by atoms with Crippen molar-refractivity contribution in [3.05, 3.63) is 53.3 Å². The number of benzene rings is 1. The molecule has 1 rings (SSSR count). The van der Waals surface area contributed by atoms with Crippen LogP contribution in [0.5, 0.6) is 0 Å². The molecule has 0 aliphatic heterocycles. The molecule has 27 heavy (non-hydrogen) atoms. The predicted molar refractivity (Wildman–Crippen MR) is 113 cm³/mol. The summed E-state index contributed by atoms with van der Waals surface area (Å²) in [5, 5.41) is 9.40. The Hall–Kier alpha value is -3.00. The van der Waals surface area contributed by atoms with Gasteiger partial charge < -0.3 is 4.90 Å². The summed E-state index contributed by atoms with van der Waals surface area (Å²) in [5.41, 5.74) is 3.45. The highest BCUT2D eigenvalue weighted by Gasteiger charge is 2.11. The van der Waals surface area contributed by atoms with Crippen molar-refractivity contribution in [3.8, 4) is 6.07 Å². The average molecular weight is 364 g/mol. The lowest BCUT2D eigenvalue weighted by molar-refractivity contribution is -0.116. The standard InChI is InChI=1S/C22H28N4O/c1-7-10-22(25-17(5)20(14-23)15-24-16(3)4)19-11-9-12-21(13-19)26(8-2)18(6)27/h7,9-13,15-16H,8H2,1-6H3/b10-7-,20-17+,24-15?,25-22+. The van der Waals surface area contributed by atoms with Gasteiger partial charge in [-0.05, 0) is 52.8 Å². The van der Waals surface area contributed by atoms with Crippen LogP contribution in [0.2, 0.25) is 0 Å². The molecule has 0 aromatic heterocycles. The summed E-state index contributed by atoms with van der Waals surface area (Å²) in [6, 6.07) is 9.95. The monoisotopic (exact) mass is 364 g/mol. The van der Waals surface area contributed by atoms with E-state index in [9.17, 15) is 10.1 Å². The van der Waals surface area contributed by atoms with Gasteiger partial charge in [0.25, 0.3) is 0 Å². The number of allylic oxidation sites excluding steroid dienone is 4. The Morgan fingerprint density at radius 2 is 2.04 bits per heavy atom. The fourth-order valence-corrected chi connectivity index (χ4v) is 2.44. The van der Waals surface area contributed by atoms with E-state index in [1.807, 2.05) is 64.1 Å². The van der Waals surface area contributed by atoms with E-state index in [1.165, 1.54) is 0 Å². The molecule has 0 unspecified atom stereocenters. The van der Waals surface area contributed by atoms with E-state index < -0.39 is 0 Å². The van der Waals surface area contributed by atoms with Crippen LogP contribution >= 0.6 is 0 Å². The summed E-state index contributed by atoms with van der Waals surface area (Å²) in [7, 11) is 0. The second-order valence-corrected chi connectivity index (χ2v) is 6.29. The number of nitriles is 1. The van der Waals surface area contributed by atoms with Crippen LogP contribution < -0.4 is 4.90 Å². The van der Waals surface area contributed by atoms with Gasteiger partial charge in [-0.15, -0.1) is 0 Å². The first-order chi connectivity index (χ1) is 12.8. The average Bonchev–Trinajstić information content (AvgIpc) is 2.62. The SMILES string of the molecule is C\C=C/C(=N\C(C)=C(/C#N)C=NC(C)C)c1cccc(N(CC)C(C)=O)c1. The Kier molecular flexibility index (Phi) is 8.87. The maximum absolute atomic E-state index is 11.8. The molecule has 0 atom stereocenters. The topological polar surface area (TPSA) is 68.8 Å². The van der Waals surface area contributed by atoms with Gasteiger partial charge in [-0.2, -0.15) is 5.26 Å². The molecule has 142 valence electrons. The van der Waals surface area contributed by atoms with Crippen molar-refractivity contribution in [1.29, 1.82) is 5.26 Å². The Morgan fingerprint density at radius 1 is 1.33 bits per heavy atom. The molecule has 0 fully saturated rings. The largest absolute Gasteiger partial charge is 0.313 e. The first-order valence-corrected chi connectivity index (χ1v) is 9.08. The number of carbonyl (C=O) groups excluding carboxylic acids is 1. The third kappa shape index (κ3) is 6.67. The smallest absolute Gasteiger partial charge is 0.223 e. The van der Waals surface area contributed by atoms with Gasteiger partial charge >= 0.3 is 0 Å². The second-order valence-electron chi connectivity index (χ2n) is 6.29. The lowest BCUT2D eigenvalue weighted by atomic mass is 10.1. The summed E-state index contributed by atoms with van der Waals surface area (Å²) in [6.07, 6.45) is 5.36. The minimum atomic E-state index is -0.00749. The number of carbonyl (C=O) groups is 1. The number of hydrogen-bond acceptors (Lipinski definition) is 4. The quantitative estimate of drug-likeness (QED) is 0.520. The Labute approximate surface area is 162 Å². The second kappa shape index (κ2) is 10.9. The maximum atomic E-state index is 11.8. The summed E-state index contributed by atoms with van der Waals surface area (Å²) < 4.78 is 0. The van der Waals surface area contributed by atoms with Gasteiger partial charge in [0.1, 0.15) is 6.07 Å². The van der Waals surface area contributed by atoms with E-state index in [2.05, 4.69) is 16.1 Å². The molecule has 0 aliphatic rings. The Balaban J connectivity index is 3.43. The summed E-state index contributed by atoms with van der Waals surface area (Å²) in [5.74, 6) is -0.00749. The zero-order valence-corrected chi connectivity index (χ0v) is 17.0. The van der Waals surface area contributed by atoms with E-state index in [4.69, 9.17) is 0 Å². The third-order valence-corrected chi connectivity index (χ3v) is 3.77. The van der Waals surface area contributed by atoms with Gasteiger partial charge in [0, 0.05) is 37.0 Å². The van der Waals surface area contributed by atoms with E-state index >= 15 is 0 Å². The summed E-state index contributed by atoms with van der Waals surface area (Å²) >= 11 is 0. The van der Waals surface area contributed by atoms with Crippen LogP contribution in [-0.4, -0.2) is 30.4 Å². The third-order valence-electron chi connectivity index (χ3n) is 3.77. The van der Waals surface area contributed by atoms with Crippen LogP contribution in [0.4, 0.5) is 5.69 Å². The van der Waals surface area contributed by atoms with Gasteiger partial charge in [-0.1, -0.05) is 18.2 Å². The number of hydrogen-bond donors (Lipinski definition) is 0. The minimum absolute atomic E-state index is 0.00749. The highest BCUT2D eigenvalue weighted by molar-refractivity contribution is 6.10. The summed E-state index contributed by atoms with van der Waals surface area (Å²) in [6.45, 7) is 11.7. The molecule has 0 bridgehead atoms. The van der Waals surface area contributed by atoms with Crippen LogP contribution in [0, 0.1) is 11.3 Å². The molecule has 0 spiro atoms. The molecule has 0 heterocycles. The first-order valence-electron chi connectivity index (χ1n) is 9.08. The van der Waals surface area contributed by atoms with Crippen LogP contribution in [0.3, 0.4) is 0 Å². The van der Waals surface area contributed by atoms with Gasteiger partial charge in [0.05, 0.1) is 17.0 Å². The number of rotatable bonds is 7. The van der Waals surface area contributed by atoms with Crippen LogP contribution in [0.15, 0.2) is 57.7 Å². The van der Waals surface area contributed by atoms with Crippen molar-refractivity contribution < 1.29 is 4.79 Å². The molecule has 0 saturated heterocycles. The predicted octanol–water partition coefficient (Wildman–Crippen LogP) is 4.70. The summed E-state index contributed by atoms with van der Waals surface area (Å²) in [4.78, 5) is 22.5. The Morgan fingerprint density at radius 3 is 2.56 bits per heavy atom. The molecule has 0 saturated carbocycles. The van der Waals surface area contributed by atoms with E-state index in [0.29, 0.717) is 17.8 Å². The van der Waals surface area contributed by atoms with Crippen LogP contribution in [-0.2, 0) is 4.79 Å². The van der Waals surface area contributed by atoms with E-state index in [1.54, 1.807) is 25.0 Å². The maximum Gasteiger partial charge on any atom is 0.223 e. The number of amides is 1. The molecule has 1 aromatic carbocycles. The van der Waals surface area contributed by atoms with Crippen molar-refractivity contribution in [2.24, 2.45) is 9.98 Å². The molecule has 0 N–H and O–H groups in total. The fourth-order valence-electron chi connectivity index (χ4n) is 2.44. The Bertz CT molecular complexity index is 823. The first kappa shape index (κ1) is 22.0. The van der Waals surface area contributed by atoms with Crippen molar-refractivity contribution in [3.63, 3.8) is 0 Å². The number of aliphatic imine (C=N–C) groups is 2.